The smallest absolute Gasteiger partial charge is 0.282 e. The summed E-state index contributed by atoms with van der Waals surface area (Å²) in [5, 5.41) is 10.3. The van der Waals surface area contributed by atoms with Crippen LogP contribution in [-0.4, -0.2) is 34.7 Å². The lowest BCUT2D eigenvalue weighted by molar-refractivity contribution is 0.481. The third-order valence-corrected chi connectivity index (χ3v) is 8.41. The van der Waals surface area contributed by atoms with Gasteiger partial charge in [-0.05, 0) is 72.3 Å². The van der Waals surface area contributed by atoms with Gasteiger partial charge in [0.15, 0.2) is 0 Å². The first-order valence-corrected chi connectivity index (χ1v) is 14.3. The van der Waals surface area contributed by atoms with Gasteiger partial charge >= 0.3 is 0 Å². The van der Waals surface area contributed by atoms with E-state index in [9.17, 15) is 25.9 Å². The molecule has 178 valence electrons. The van der Waals surface area contributed by atoms with Gasteiger partial charge in [0.05, 0.1) is 30.6 Å². The fraction of sp³-hybridized carbons (Fsp3) is 0.200. The lowest BCUT2D eigenvalue weighted by atomic mass is 10.2. The molecule has 4 rings (SSSR count). The predicted molar refractivity (Wildman–Crippen MR) is 129 cm³/mol. The molecule has 2 aromatic carbocycles. The first-order chi connectivity index (χ1) is 16.0. The molecule has 2 aromatic heterocycles. The third-order valence-electron chi connectivity index (χ3n) is 4.98. The monoisotopic (exact) mass is 538 g/mol. The SMILES string of the molecule is CCc1nsc2ccc(S(=O)(=O)O)cc2c1=NN=c1c(CC)nsc2ccc(S(=O)(=O)O)cc12. The molecular weight excluding hydrogens is 521 g/mol. The minimum atomic E-state index is -4.43. The van der Waals surface area contributed by atoms with Crippen LogP contribution in [0.3, 0.4) is 0 Å². The average Bonchev–Trinajstić information content (AvgIpc) is 2.80. The van der Waals surface area contributed by atoms with E-state index in [-0.39, 0.29) is 9.79 Å². The zero-order valence-electron chi connectivity index (χ0n) is 17.8. The second-order valence-electron chi connectivity index (χ2n) is 7.13. The number of benzene rings is 2. The standard InChI is InChI=1S/C20H18N4O6S4/c1-3-15-19(13-9-11(33(25,26)27)5-7-17(13)31-23-15)21-22-20-14-10-12(34(28,29)30)6-8-18(14)32-24-16(20)4-2/h5-10H,3-4H2,1-2H3,(H,25,26,27)(H,28,29,30). The highest BCUT2D eigenvalue weighted by molar-refractivity contribution is 7.86. The zero-order chi connectivity index (χ0) is 24.7. The molecule has 14 heteroatoms. The summed E-state index contributed by atoms with van der Waals surface area (Å²) < 4.78 is 75.8. The van der Waals surface area contributed by atoms with Gasteiger partial charge in [0.2, 0.25) is 0 Å². The van der Waals surface area contributed by atoms with Crippen molar-refractivity contribution in [2.75, 3.05) is 0 Å². The van der Waals surface area contributed by atoms with Crippen LogP contribution in [0.2, 0.25) is 0 Å². The molecule has 0 saturated heterocycles. The van der Waals surface area contributed by atoms with Crippen molar-refractivity contribution in [3.63, 3.8) is 0 Å². The number of fused-ring (bicyclic) bond motifs is 2. The number of hydrogen-bond acceptors (Lipinski definition) is 10. The van der Waals surface area contributed by atoms with Gasteiger partial charge in [-0.25, -0.2) is 0 Å². The topological polar surface area (TPSA) is 159 Å². The molecule has 10 nitrogen and oxygen atoms in total. The maximum Gasteiger partial charge on any atom is 0.294 e. The van der Waals surface area contributed by atoms with E-state index in [0.717, 1.165) is 23.1 Å². The van der Waals surface area contributed by atoms with Crippen LogP contribution in [0.15, 0.2) is 56.4 Å². The first-order valence-electron chi connectivity index (χ1n) is 9.91. The summed E-state index contributed by atoms with van der Waals surface area (Å²) in [6, 6.07) is 8.26. The summed E-state index contributed by atoms with van der Waals surface area (Å²) in [5.74, 6) is 0. The van der Waals surface area contributed by atoms with Gasteiger partial charge in [-0.2, -0.15) is 25.6 Å². The summed E-state index contributed by atoms with van der Waals surface area (Å²) in [7, 11) is -8.87. The van der Waals surface area contributed by atoms with Crippen LogP contribution in [-0.2, 0) is 33.1 Å². The van der Waals surface area contributed by atoms with Crippen molar-refractivity contribution in [2.45, 2.75) is 36.5 Å². The Bertz CT molecular complexity index is 1660. The zero-order valence-corrected chi connectivity index (χ0v) is 21.1. The number of rotatable bonds is 5. The lowest BCUT2D eigenvalue weighted by Gasteiger charge is -2.05. The second-order valence-corrected chi connectivity index (χ2v) is 11.6. The Labute approximate surface area is 202 Å². The lowest BCUT2D eigenvalue weighted by Crippen LogP contribution is -2.16. The van der Waals surface area contributed by atoms with Crippen molar-refractivity contribution in [1.82, 2.24) is 8.75 Å². The van der Waals surface area contributed by atoms with Crippen molar-refractivity contribution in [3.8, 4) is 0 Å². The van der Waals surface area contributed by atoms with Gasteiger partial charge in [-0.1, -0.05) is 13.8 Å². The van der Waals surface area contributed by atoms with E-state index in [1.807, 2.05) is 13.8 Å². The van der Waals surface area contributed by atoms with Gasteiger partial charge in [-0.15, -0.1) is 10.2 Å². The molecule has 0 aliphatic heterocycles. The number of aryl methyl sites for hydroxylation is 2. The van der Waals surface area contributed by atoms with Crippen LogP contribution >= 0.6 is 23.1 Å². The van der Waals surface area contributed by atoms with Gasteiger partial charge in [0.1, 0.15) is 10.7 Å². The van der Waals surface area contributed by atoms with Crippen molar-refractivity contribution in [1.29, 1.82) is 0 Å². The Morgan fingerprint density at radius 2 is 1.12 bits per heavy atom. The molecule has 0 radical (unpaired) electrons. The molecule has 0 spiro atoms. The predicted octanol–water partition coefficient (Wildman–Crippen LogP) is 2.94. The number of hydrogen-bond donors (Lipinski definition) is 2. The Hall–Kier alpha value is -2.62. The largest absolute Gasteiger partial charge is 0.294 e. The highest BCUT2D eigenvalue weighted by Gasteiger charge is 2.14. The summed E-state index contributed by atoms with van der Waals surface area (Å²) in [5.41, 5.74) is 1.14. The summed E-state index contributed by atoms with van der Waals surface area (Å²) in [4.78, 5) is -0.560. The fourth-order valence-corrected chi connectivity index (χ4v) is 5.89. The van der Waals surface area contributed by atoms with Crippen LogP contribution in [0.5, 0.6) is 0 Å². The molecule has 34 heavy (non-hydrogen) atoms. The molecule has 0 unspecified atom stereocenters. The van der Waals surface area contributed by atoms with Gasteiger partial charge in [0, 0.05) is 10.8 Å². The van der Waals surface area contributed by atoms with E-state index in [1.165, 1.54) is 36.4 Å². The van der Waals surface area contributed by atoms with E-state index >= 15 is 0 Å². The van der Waals surface area contributed by atoms with Crippen molar-refractivity contribution < 1.29 is 25.9 Å². The van der Waals surface area contributed by atoms with E-state index in [1.54, 1.807) is 0 Å². The van der Waals surface area contributed by atoms with E-state index in [0.29, 0.717) is 55.1 Å². The molecule has 2 N–H and O–H groups in total. The van der Waals surface area contributed by atoms with Crippen LogP contribution in [0.25, 0.3) is 20.2 Å². The molecule has 0 saturated carbocycles. The van der Waals surface area contributed by atoms with Crippen LogP contribution in [0.1, 0.15) is 25.2 Å². The molecule has 0 amide bonds. The van der Waals surface area contributed by atoms with Crippen molar-refractivity contribution in [2.24, 2.45) is 10.2 Å². The Kier molecular flexibility index (Phi) is 6.63. The molecule has 0 fully saturated rings. The Balaban J connectivity index is 2.13. The first kappa shape index (κ1) is 24.5. The van der Waals surface area contributed by atoms with Crippen molar-refractivity contribution in [3.05, 3.63) is 58.5 Å². The second kappa shape index (κ2) is 9.20. The van der Waals surface area contributed by atoms with Gasteiger partial charge in [-0.3, -0.25) is 9.11 Å². The Morgan fingerprint density at radius 3 is 1.44 bits per heavy atom. The summed E-state index contributed by atoms with van der Waals surface area (Å²) in [6.45, 7) is 3.73. The highest BCUT2D eigenvalue weighted by atomic mass is 32.2. The van der Waals surface area contributed by atoms with E-state index in [2.05, 4.69) is 18.9 Å². The number of aromatic nitrogens is 2. The maximum atomic E-state index is 11.7. The molecule has 2 heterocycles. The minimum Gasteiger partial charge on any atom is -0.282 e. The average molecular weight is 539 g/mol. The normalized spacial score (nSPS) is 13.8. The number of nitrogens with zero attached hydrogens (tertiary/aromatic N) is 4. The molecule has 0 bridgehead atoms. The van der Waals surface area contributed by atoms with Gasteiger partial charge in [0.25, 0.3) is 20.2 Å². The molecule has 4 aromatic rings. The van der Waals surface area contributed by atoms with E-state index < -0.39 is 20.2 Å². The van der Waals surface area contributed by atoms with Crippen LogP contribution in [0, 0.1) is 0 Å². The molecule has 0 aliphatic rings. The van der Waals surface area contributed by atoms with Crippen LogP contribution in [0.4, 0.5) is 0 Å². The molecule has 0 aliphatic carbocycles. The molecule has 0 atom stereocenters. The quantitative estimate of drug-likeness (QED) is 0.290. The fourth-order valence-electron chi connectivity index (χ4n) is 3.26. The maximum absolute atomic E-state index is 11.7. The van der Waals surface area contributed by atoms with Crippen molar-refractivity contribution >= 4 is 63.5 Å². The van der Waals surface area contributed by atoms with Gasteiger partial charge < -0.3 is 0 Å². The van der Waals surface area contributed by atoms with E-state index in [4.69, 9.17) is 0 Å². The van der Waals surface area contributed by atoms with Crippen LogP contribution < -0.4 is 10.7 Å². The third kappa shape index (κ3) is 4.78. The minimum absolute atomic E-state index is 0.280. The molecular formula is C20H18N4O6S4. The summed E-state index contributed by atoms with van der Waals surface area (Å²) >= 11 is 2.33. The summed E-state index contributed by atoms with van der Waals surface area (Å²) in [6.07, 6.45) is 0.973. The Morgan fingerprint density at radius 1 is 0.735 bits per heavy atom. The highest BCUT2D eigenvalue weighted by Crippen LogP contribution is 2.21.